The molecular formula is C19H17N3O3. The van der Waals surface area contributed by atoms with Gasteiger partial charge in [-0.1, -0.05) is 12.1 Å². The molecule has 25 heavy (non-hydrogen) atoms. The molecule has 0 bridgehead atoms. The van der Waals surface area contributed by atoms with E-state index in [1.54, 1.807) is 24.3 Å². The second-order valence-corrected chi connectivity index (χ2v) is 5.86. The first-order chi connectivity index (χ1) is 12.0. The number of benzene rings is 2. The summed E-state index contributed by atoms with van der Waals surface area (Å²) < 4.78 is 5.42. The molecule has 0 saturated carbocycles. The lowest BCUT2D eigenvalue weighted by molar-refractivity contribution is -0.123. The van der Waals surface area contributed by atoms with Gasteiger partial charge in [-0.2, -0.15) is 5.26 Å². The Morgan fingerprint density at radius 3 is 2.80 bits per heavy atom. The van der Waals surface area contributed by atoms with Gasteiger partial charge in [-0.15, -0.1) is 0 Å². The summed E-state index contributed by atoms with van der Waals surface area (Å²) >= 11 is 0. The quantitative estimate of drug-likeness (QED) is 0.877. The Kier molecular flexibility index (Phi) is 4.66. The summed E-state index contributed by atoms with van der Waals surface area (Å²) in [6.07, 6.45) is 0.367. The molecule has 0 fully saturated rings. The first-order valence-corrected chi connectivity index (χ1v) is 7.90. The summed E-state index contributed by atoms with van der Waals surface area (Å²) in [5.74, 6) is 0.273. The second kappa shape index (κ2) is 7.05. The van der Waals surface area contributed by atoms with Crippen molar-refractivity contribution in [2.45, 2.75) is 19.4 Å². The fourth-order valence-electron chi connectivity index (χ4n) is 2.66. The minimum absolute atomic E-state index is 0.0142. The highest BCUT2D eigenvalue weighted by Gasteiger charge is 2.19. The molecule has 1 atom stereocenters. The lowest BCUT2D eigenvalue weighted by Gasteiger charge is -2.15. The molecule has 0 unspecified atom stereocenters. The molecule has 6 heteroatoms. The number of carbonyl (C=O) groups excluding carboxylic acids is 2. The van der Waals surface area contributed by atoms with Crippen molar-refractivity contribution in [1.82, 2.24) is 5.32 Å². The summed E-state index contributed by atoms with van der Waals surface area (Å²) in [6, 6.07) is 14.1. The molecule has 0 radical (unpaired) electrons. The highest BCUT2D eigenvalue weighted by molar-refractivity contribution is 5.99. The number of amides is 2. The van der Waals surface area contributed by atoms with Crippen molar-refractivity contribution >= 4 is 17.5 Å². The van der Waals surface area contributed by atoms with Crippen molar-refractivity contribution in [3.63, 3.8) is 0 Å². The highest BCUT2D eigenvalue weighted by atomic mass is 16.5. The summed E-state index contributed by atoms with van der Waals surface area (Å²) in [5, 5.41) is 14.4. The minimum Gasteiger partial charge on any atom is -0.484 e. The molecule has 2 N–H and O–H groups in total. The van der Waals surface area contributed by atoms with Gasteiger partial charge in [0.2, 0.25) is 5.91 Å². The Balaban J connectivity index is 1.54. The molecular weight excluding hydrogens is 318 g/mol. The van der Waals surface area contributed by atoms with Crippen LogP contribution in [0.1, 0.15) is 29.7 Å². The Morgan fingerprint density at radius 2 is 2.08 bits per heavy atom. The van der Waals surface area contributed by atoms with Crippen LogP contribution >= 0.6 is 0 Å². The van der Waals surface area contributed by atoms with Gasteiger partial charge in [0, 0.05) is 5.69 Å². The molecule has 1 aliphatic heterocycles. The van der Waals surface area contributed by atoms with Gasteiger partial charge in [-0.05, 0) is 48.4 Å². The molecule has 0 spiro atoms. The average Bonchev–Trinajstić information content (AvgIpc) is 2.99. The van der Waals surface area contributed by atoms with E-state index in [0.29, 0.717) is 17.7 Å². The van der Waals surface area contributed by atoms with Crippen LogP contribution in [0.3, 0.4) is 0 Å². The second-order valence-electron chi connectivity index (χ2n) is 5.86. The van der Waals surface area contributed by atoms with Crippen LogP contribution in [0.15, 0.2) is 42.5 Å². The van der Waals surface area contributed by atoms with Gasteiger partial charge in [0.05, 0.1) is 24.1 Å². The number of nitriles is 1. The van der Waals surface area contributed by atoms with E-state index in [1.165, 1.54) is 0 Å². The monoisotopic (exact) mass is 335 g/mol. The van der Waals surface area contributed by atoms with E-state index in [4.69, 9.17) is 10.00 Å². The Bertz CT molecular complexity index is 853. The summed E-state index contributed by atoms with van der Waals surface area (Å²) in [7, 11) is 0. The predicted octanol–water partition coefficient (Wildman–Crippen LogP) is 2.31. The molecule has 1 heterocycles. The third-order valence-corrected chi connectivity index (χ3v) is 3.99. The maximum absolute atomic E-state index is 12.1. The zero-order valence-electron chi connectivity index (χ0n) is 13.7. The van der Waals surface area contributed by atoms with Gasteiger partial charge in [0.1, 0.15) is 5.75 Å². The van der Waals surface area contributed by atoms with Crippen LogP contribution in [0.5, 0.6) is 5.75 Å². The first kappa shape index (κ1) is 16.5. The highest BCUT2D eigenvalue weighted by Crippen LogP contribution is 2.26. The third kappa shape index (κ3) is 3.96. The van der Waals surface area contributed by atoms with Crippen LogP contribution in [-0.2, 0) is 16.0 Å². The summed E-state index contributed by atoms with van der Waals surface area (Å²) in [5.41, 5.74) is 3.24. The molecule has 2 amide bonds. The third-order valence-electron chi connectivity index (χ3n) is 3.99. The fourth-order valence-corrected chi connectivity index (χ4v) is 2.66. The van der Waals surface area contributed by atoms with Crippen LogP contribution in [0.2, 0.25) is 0 Å². The number of rotatable bonds is 5. The molecule has 6 nitrogen and oxygen atoms in total. The Hall–Kier alpha value is -3.33. The van der Waals surface area contributed by atoms with E-state index in [-0.39, 0.29) is 24.5 Å². The van der Waals surface area contributed by atoms with E-state index < -0.39 is 0 Å². The maximum atomic E-state index is 12.1. The van der Waals surface area contributed by atoms with Crippen molar-refractivity contribution in [2.24, 2.45) is 0 Å². The molecule has 1 aliphatic rings. The number of nitrogens with one attached hydrogen (secondary N) is 2. The molecule has 0 aromatic heterocycles. The first-order valence-electron chi connectivity index (χ1n) is 7.90. The van der Waals surface area contributed by atoms with Crippen LogP contribution in [-0.4, -0.2) is 18.4 Å². The SMILES string of the molecule is C[C@H](NC(=O)COc1ccc(C#N)cc1)c1ccc2c(c1)CC(=O)N2. The molecule has 126 valence electrons. The van der Waals surface area contributed by atoms with Crippen LogP contribution in [0, 0.1) is 11.3 Å². The lowest BCUT2D eigenvalue weighted by Crippen LogP contribution is -2.31. The van der Waals surface area contributed by atoms with Crippen LogP contribution < -0.4 is 15.4 Å². The fraction of sp³-hybridized carbons (Fsp3) is 0.211. The topological polar surface area (TPSA) is 91.2 Å². The van der Waals surface area contributed by atoms with Crippen molar-refractivity contribution in [3.8, 4) is 11.8 Å². The Morgan fingerprint density at radius 1 is 1.32 bits per heavy atom. The van der Waals surface area contributed by atoms with Crippen molar-refractivity contribution < 1.29 is 14.3 Å². The molecule has 0 aliphatic carbocycles. The van der Waals surface area contributed by atoms with Crippen LogP contribution in [0.4, 0.5) is 5.69 Å². The van der Waals surface area contributed by atoms with Crippen molar-refractivity contribution in [3.05, 3.63) is 59.2 Å². The van der Waals surface area contributed by atoms with Gasteiger partial charge in [0.15, 0.2) is 6.61 Å². The molecule has 2 aromatic rings. The van der Waals surface area contributed by atoms with Gasteiger partial charge >= 0.3 is 0 Å². The molecule has 3 rings (SSSR count). The predicted molar refractivity (Wildman–Crippen MR) is 92.0 cm³/mol. The van der Waals surface area contributed by atoms with Crippen molar-refractivity contribution in [1.29, 1.82) is 5.26 Å². The molecule has 2 aromatic carbocycles. The van der Waals surface area contributed by atoms with E-state index in [2.05, 4.69) is 10.6 Å². The number of nitrogens with zero attached hydrogens (tertiary/aromatic N) is 1. The zero-order chi connectivity index (χ0) is 17.8. The smallest absolute Gasteiger partial charge is 0.258 e. The van der Waals surface area contributed by atoms with Crippen LogP contribution in [0.25, 0.3) is 0 Å². The standard InChI is InChI=1S/C19H17N3O3/c1-12(14-4-7-17-15(8-14)9-18(23)22-17)21-19(24)11-25-16-5-2-13(10-20)3-6-16/h2-8,12H,9,11H2,1H3,(H,21,24)(H,22,23)/t12-/m0/s1. The van der Waals surface area contributed by atoms with E-state index in [1.807, 2.05) is 31.2 Å². The number of carbonyl (C=O) groups is 2. The zero-order valence-corrected chi connectivity index (χ0v) is 13.7. The van der Waals surface area contributed by atoms with Gasteiger partial charge < -0.3 is 15.4 Å². The van der Waals surface area contributed by atoms with Gasteiger partial charge in [-0.3, -0.25) is 9.59 Å². The van der Waals surface area contributed by atoms with Gasteiger partial charge in [-0.25, -0.2) is 0 Å². The minimum atomic E-state index is -0.244. The van der Waals surface area contributed by atoms with E-state index in [9.17, 15) is 9.59 Å². The summed E-state index contributed by atoms with van der Waals surface area (Å²) in [4.78, 5) is 23.5. The largest absolute Gasteiger partial charge is 0.484 e. The lowest BCUT2D eigenvalue weighted by atomic mass is 10.0. The molecule has 0 saturated heterocycles. The Labute approximate surface area is 145 Å². The van der Waals surface area contributed by atoms with Gasteiger partial charge in [0.25, 0.3) is 5.91 Å². The number of fused-ring (bicyclic) bond motifs is 1. The van der Waals surface area contributed by atoms with Crippen molar-refractivity contribution in [2.75, 3.05) is 11.9 Å². The summed E-state index contributed by atoms with van der Waals surface area (Å²) in [6.45, 7) is 1.77. The maximum Gasteiger partial charge on any atom is 0.258 e. The van der Waals surface area contributed by atoms with E-state index >= 15 is 0 Å². The number of ether oxygens (including phenoxy) is 1. The normalized spacial score (nSPS) is 13.4. The number of anilines is 1. The van der Waals surface area contributed by atoms with E-state index in [0.717, 1.165) is 16.8 Å². The average molecular weight is 335 g/mol. The number of hydrogen-bond acceptors (Lipinski definition) is 4. The number of hydrogen-bond donors (Lipinski definition) is 2.